The molecule has 0 spiro atoms. The van der Waals surface area contributed by atoms with E-state index in [0.717, 1.165) is 11.3 Å². The second kappa shape index (κ2) is 7.26. The maximum Gasteiger partial charge on any atom is 0.356 e. The number of phenols is 1. The van der Waals surface area contributed by atoms with E-state index >= 15 is 0 Å². The molecule has 0 fully saturated rings. The van der Waals surface area contributed by atoms with Crippen LogP contribution in [0.2, 0.25) is 0 Å². The number of aromatic hydroxyl groups is 1. The fourth-order valence-corrected chi connectivity index (χ4v) is 2.05. The topological polar surface area (TPSA) is 106 Å². The average molecular weight is 315 g/mol. The van der Waals surface area contributed by atoms with Gasteiger partial charge < -0.3 is 20.3 Å². The van der Waals surface area contributed by atoms with E-state index < -0.39 is 6.03 Å². The number of primary amides is 1. The summed E-state index contributed by atoms with van der Waals surface area (Å²) in [6, 6.07) is 9.59. The number of benzene rings is 2. The molecule has 0 atom stereocenters. The molecule has 120 valence electrons. The maximum absolute atomic E-state index is 10.7. The van der Waals surface area contributed by atoms with Crippen LogP contribution < -0.4 is 15.2 Å². The van der Waals surface area contributed by atoms with E-state index in [-0.39, 0.29) is 5.75 Å². The third kappa shape index (κ3) is 4.19. The first kappa shape index (κ1) is 16.3. The molecule has 0 radical (unpaired) electrons. The molecule has 23 heavy (non-hydrogen) atoms. The second-order valence-corrected chi connectivity index (χ2v) is 4.72. The molecule has 0 aromatic heterocycles. The lowest BCUT2D eigenvalue weighted by Crippen LogP contribution is -2.02. The number of ether oxygens (including phenoxy) is 2. The van der Waals surface area contributed by atoms with Gasteiger partial charge in [0.15, 0.2) is 0 Å². The first-order chi connectivity index (χ1) is 11.0. The fourth-order valence-electron chi connectivity index (χ4n) is 2.05. The third-order valence-corrected chi connectivity index (χ3v) is 3.19. The Hall–Kier alpha value is -3.09. The fraction of sp³-hybridized carbons (Fsp3) is 0.188. The molecule has 7 heteroatoms. The molecule has 7 nitrogen and oxygen atoms in total. The van der Waals surface area contributed by atoms with E-state index in [4.69, 9.17) is 15.2 Å². The Labute approximate surface area is 133 Å². The van der Waals surface area contributed by atoms with Crippen molar-refractivity contribution in [3.05, 3.63) is 47.5 Å². The summed E-state index contributed by atoms with van der Waals surface area (Å²) in [5, 5.41) is 17.1. The first-order valence-electron chi connectivity index (χ1n) is 6.77. The zero-order chi connectivity index (χ0) is 16.8. The standard InChI is InChI=1S/C16H17N3O4/c1-22-12-5-3-10(4-6-12)7-11-8-13(18-19-16(17)21)15(23-2)9-14(11)20/h3-6,8-9,20H,7H2,1-2H3,(H2,17,21). The van der Waals surface area contributed by atoms with E-state index in [2.05, 4.69) is 10.2 Å². The van der Waals surface area contributed by atoms with Crippen molar-refractivity contribution in [2.75, 3.05) is 14.2 Å². The van der Waals surface area contributed by atoms with Crippen LogP contribution in [0.1, 0.15) is 11.1 Å². The van der Waals surface area contributed by atoms with Gasteiger partial charge in [0, 0.05) is 18.1 Å². The smallest absolute Gasteiger partial charge is 0.356 e. The lowest BCUT2D eigenvalue weighted by atomic mass is 10.0. The number of amides is 2. The number of carbonyl (C=O) groups excluding carboxylic acids is 1. The minimum atomic E-state index is -0.906. The summed E-state index contributed by atoms with van der Waals surface area (Å²) < 4.78 is 10.2. The summed E-state index contributed by atoms with van der Waals surface area (Å²) in [6.07, 6.45) is 0.471. The predicted molar refractivity (Wildman–Crippen MR) is 84.6 cm³/mol. The van der Waals surface area contributed by atoms with Crippen molar-refractivity contribution in [3.8, 4) is 17.2 Å². The molecular weight excluding hydrogens is 298 g/mol. The summed E-state index contributed by atoms with van der Waals surface area (Å²) in [7, 11) is 3.03. The number of carbonyl (C=O) groups is 1. The Morgan fingerprint density at radius 1 is 1.17 bits per heavy atom. The van der Waals surface area contributed by atoms with E-state index in [0.29, 0.717) is 23.4 Å². The number of phenolic OH excluding ortho intramolecular Hbond substituents is 1. The summed E-state index contributed by atoms with van der Waals surface area (Å²) in [6.45, 7) is 0. The highest BCUT2D eigenvalue weighted by atomic mass is 16.5. The van der Waals surface area contributed by atoms with Gasteiger partial charge in [0.05, 0.1) is 14.2 Å². The zero-order valence-corrected chi connectivity index (χ0v) is 12.8. The van der Waals surface area contributed by atoms with Gasteiger partial charge in [-0.3, -0.25) is 0 Å². The Morgan fingerprint density at radius 3 is 2.43 bits per heavy atom. The monoisotopic (exact) mass is 315 g/mol. The van der Waals surface area contributed by atoms with E-state index in [9.17, 15) is 9.90 Å². The molecule has 2 amide bonds. The van der Waals surface area contributed by atoms with Crippen LogP contribution in [0.4, 0.5) is 10.5 Å². The molecule has 3 N–H and O–H groups in total. The lowest BCUT2D eigenvalue weighted by Gasteiger charge is -2.10. The Bertz CT molecular complexity index is 727. The molecule has 0 aliphatic rings. The number of hydrogen-bond donors (Lipinski definition) is 2. The van der Waals surface area contributed by atoms with Crippen molar-refractivity contribution in [2.24, 2.45) is 16.0 Å². The van der Waals surface area contributed by atoms with Gasteiger partial charge >= 0.3 is 6.03 Å². The minimum Gasteiger partial charge on any atom is -0.508 e. The number of urea groups is 1. The largest absolute Gasteiger partial charge is 0.508 e. The van der Waals surface area contributed by atoms with Crippen LogP contribution >= 0.6 is 0 Å². The second-order valence-electron chi connectivity index (χ2n) is 4.72. The van der Waals surface area contributed by atoms with Crippen molar-refractivity contribution >= 4 is 11.7 Å². The highest BCUT2D eigenvalue weighted by molar-refractivity contribution is 5.72. The van der Waals surface area contributed by atoms with Crippen molar-refractivity contribution in [2.45, 2.75) is 6.42 Å². The third-order valence-electron chi connectivity index (χ3n) is 3.19. The summed E-state index contributed by atoms with van der Waals surface area (Å²) in [5.74, 6) is 1.12. The van der Waals surface area contributed by atoms with Crippen LogP contribution in [0.3, 0.4) is 0 Å². The molecule has 0 aliphatic carbocycles. The molecule has 2 aromatic rings. The highest BCUT2D eigenvalue weighted by Crippen LogP contribution is 2.35. The summed E-state index contributed by atoms with van der Waals surface area (Å²) in [4.78, 5) is 10.7. The van der Waals surface area contributed by atoms with E-state index in [1.807, 2.05) is 24.3 Å². The van der Waals surface area contributed by atoms with E-state index in [1.165, 1.54) is 13.2 Å². The quantitative estimate of drug-likeness (QED) is 0.826. The normalized spacial score (nSPS) is 10.7. The van der Waals surface area contributed by atoms with Gasteiger partial charge in [0.2, 0.25) is 0 Å². The highest BCUT2D eigenvalue weighted by Gasteiger charge is 2.11. The number of azo groups is 1. The molecule has 0 heterocycles. The number of methoxy groups -OCH3 is 2. The number of rotatable bonds is 5. The zero-order valence-electron chi connectivity index (χ0n) is 12.8. The van der Waals surface area contributed by atoms with Crippen molar-refractivity contribution in [3.63, 3.8) is 0 Å². The molecule has 0 bridgehead atoms. The van der Waals surface area contributed by atoms with Crippen LogP contribution in [-0.2, 0) is 6.42 Å². The number of nitrogens with zero attached hydrogens (tertiary/aromatic N) is 2. The van der Waals surface area contributed by atoms with Gasteiger partial charge in [-0.15, -0.1) is 5.11 Å². The Morgan fingerprint density at radius 2 is 1.87 bits per heavy atom. The van der Waals surface area contributed by atoms with Crippen LogP contribution in [0.5, 0.6) is 17.2 Å². The van der Waals surface area contributed by atoms with Crippen molar-refractivity contribution in [1.29, 1.82) is 0 Å². The Kier molecular flexibility index (Phi) is 5.14. The lowest BCUT2D eigenvalue weighted by molar-refractivity contribution is 0.255. The number of nitrogens with two attached hydrogens (primary N) is 1. The van der Waals surface area contributed by atoms with E-state index in [1.54, 1.807) is 13.2 Å². The van der Waals surface area contributed by atoms with Gasteiger partial charge in [0.25, 0.3) is 0 Å². The molecule has 2 rings (SSSR count). The molecule has 0 saturated carbocycles. The molecule has 0 unspecified atom stereocenters. The molecule has 0 saturated heterocycles. The summed E-state index contributed by atoms with van der Waals surface area (Å²) >= 11 is 0. The van der Waals surface area contributed by atoms with Gasteiger partial charge in [-0.05, 0) is 23.8 Å². The van der Waals surface area contributed by atoms with Gasteiger partial charge in [-0.1, -0.05) is 17.2 Å². The molecular formula is C16H17N3O4. The van der Waals surface area contributed by atoms with Crippen LogP contribution in [0, 0.1) is 0 Å². The average Bonchev–Trinajstić information content (AvgIpc) is 2.55. The number of hydrogen-bond acceptors (Lipinski definition) is 5. The molecule has 2 aromatic carbocycles. The minimum absolute atomic E-state index is 0.0655. The van der Waals surface area contributed by atoms with Crippen LogP contribution in [0.15, 0.2) is 46.6 Å². The first-order valence-corrected chi connectivity index (χ1v) is 6.77. The SMILES string of the molecule is COc1ccc(Cc2cc(N=NC(N)=O)c(OC)cc2O)cc1. The molecule has 0 aliphatic heterocycles. The predicted octanol–water partition coefficient (Wildman–Crippen LogP) is 3.16. The Balaban J connectivity index is 2.33. The van der Waals surface area contributed by atoms with Crippen molar-refractivity contribution < 1.29 is 19.4 Å². The van der Waals surface area contributed by atoms with Gasteiger partial charge in [0.1, 0.15) is 22.9 Å². The maximum atomic E-state index is 10.7. The van der Waals surface area contributed by atoms with Crippen molar-refractivity contribution in [1.82, 2.24) is 0 Å². The van der Waals surface area contributed by atoms with Gasteiger partial charge in [-0.2, -0.15) is 0 Å². The van der Waals surface area contributed by atoms with Crippen LogP contribution in [0.25, 0.3) is 0 Å². The van der Waals surface area contributed by atoms with Gasteiger partial charge in [-0.25, -0.2) is 4.79 Å². The summed E-state index contributed by atoms with van der Waals surface area (Å²) in [5.41, 5.74) is 6.86. The van der Waals surface area contributed by atoms with Crippen LogP contribution in [-0.4, -0.2) is 25.4 Å².